The van der Waals surface area contributed by atoms with E-state index in [9.17, 15) is 4.79 Å². The first-order chi connectivity index (χ1) is 10.1. The van der Waals surface area contributed by atoms with E-state index in [1.807, 2.05) is 24.4 Å². The number of hydrogen-bond donors (Lipinski definition) is 1. The second-order valence-corrected chi connectivity index (χ2v) is 5.61. The Morgan fingerprint density at radius 2 is 2.33 bits per heavy atom. The number of hydrogen-bond acceptors (Lipinski definition) is 5. The second kappa shape index (κ2) is 7.03. The molecule has 7 heteroatoms. The molecule has 2 aromatic rings. The summed E-state index contributed by atoms with van der Waals surface area (Å²) in [4.78, 5) is 22.1. The van der Waals surface area contributed by atoms with Gasteiger partial charge >= 0.3 is 6.03 Å². The zero-order valence-corrected chi connectivity index (χ0v) is 13.1. The van der Waals surface area contributed by atoms with Crippen molar-refractivity contribution >= 4 is 17.4 Å². The lowest BCUT2D eigenvalue weighted by atomic mass is 10.2. The fourth-order valence-electron chi connectivity index (χ4n) is 1.84. The van der Waals surface area contributed by atoms with Gasteiger partial charge in [0, 0.05) is 30.7 Å². The first-order valence-electron chi connectivity index (χ1n) is 6.48. The molecule has 2 aromatic heterocycles. The Morgan fingerprint density at radius 3 is 3.00 bits per heavy atom. The van der Waals surface area contributed by atoms with E-state index in [0.29, 0.717) is 19.0 Å². The van der Waals surface area contributed by atoms with E-state index in [1.54, 1.807) is 36.6 Å². The van der Waals surface area contributed by atoms with Crippen LogP contribution in [0, 0.1) is 6.92 Å². The number of ether oxygens (including phenoxy) is 1. The van der Waals surface area contributed by atoms with Crippen molar-refractivity contribution in [3.8, 4) is 5.88 Å². The van der Waals surface area contributed by atoms with Crippen LogP contribution in [0.1, 0.15) is 16.3 Å². The van der Waals surface area contributed by atoms with E-state index in [4.69, 9.17) is 4.74 Å². The molecule has 2 rings (SSSR count). The standard InChI is InChI=1S/C14H18N4O2S/c1-10-17-12(9-21-10)8-18(2)14(19)16-7-11-5-4-6-15-13(11)20-3/h4-6,9H,7-8H2,1-3H3,(H,16,19). The number of aryl methyl sites for hydroxylation is 1. The van der Waals surface area contributed by atoms with E-state index >= 15 is 0 Å². The number of carbonyl (C=O) groups is 1. The lowest BCUT2D eigenvalue weighted by Gasteiger charge is -2.17. The van der Waals surface area contributed by atoms with Crippen molar-refractivity contribution in [1.82, 2.24) is 20.2 Å². The van der Waals surface area contributed by atoms with Gasteiger partial charge < -0.3 is 15.0 Å². The highest BCUT2D eigenvalue weighted by molar-refractivity contribution is 7.09. The number of nitrogens with one attached hydrogen (secondary N) is 1. The maximum absolute atomic E-state index is 12.1. The Kier molecular flexibility index (Phi) is 5.10. The molecule has 0 saturated heterocycles. The molecule has 0 bridgehead atoms. The van der Waals surface area contributed by atoms with Gasteiger partial charge in [0.1, 0.15) is 0 Å². The van der Waals surface area contributed by atoms with Gasteiger partial charge in [-0.15, -0.1) is 11.3 Å². The van der Waals surface area contributed by atoms with Crippen LogP contribution in [0.4, 0.5) is 4.79 Å². The molecule has 0 spiro atoms. The number of pyridine rings is 1. The molecule has 0 aliphatic carbocycles. The van der Waals surface area contributed by atoms with Crippen LogP contribution in [0.15, 0.2) is 23.7 Å². The molecule has 0 aliphatic heterocycles. The zero-order valence-electron chi connectivity index (χ0n) is 12.3. The first-order valence-corrected chi connectivity index (χ1v) is 7.36. The van der Waals surface area contributed by atoms with E-state index in [0.717, 1.165) is 16.3 Å². The summed E-state index contributed by atoms with van der Waals surface area (Å²) < 4.78 is 5.15. The molecule has 0 fully saturated rings. The molecule has 0 radical (unpaired) electrons. The zero-order chi connectivity index (χ0) is 15.2. The topological polar surface area (TPSA) is 67.3 Å². The minimum absolute atomic E-state index is 0.161. The Hall–Kier alpha value is -2.15. The number of thiazole rings is 1. The van der Waals surface area contributed by atoms with E-state index in [-0.39, 0.29) is 6.03 Å². The second-order valence-electron chi connectivity index (χ2n) is 4.54. The van der Waals surface area contributed by atoms with Crippen LogP contribution >= 0.6 is 11.3 Å². The van der Waals surface area contributed by atoms with E-state index in [2.05, 4.69) is 15.3 Å². The van der Waals surface area contributed by atoms with Crippen LogP contribution < -0.4 is 10.1 Å². The Morgan fingerprint density at radius 1 is 1.52 bits per heavy atom. The maximum Gasteiger partial charge on any atom is 0.317 e. The smallest absolute Gasteiger partial charge is 0.317 e. The fraction of sp³-hybridized carbons (Fsp3) is 0.357. The Bertz CT molecular complexity index is 615. The highest BCUT2D eigenvalue weighted by atomic mass is 32.1. The van der Waals surface area contributed by atoms with Crippen LogP contribution in [0.3, 0.4) is 0 Å². The SMILES string of the molecule is COc1ncccc1CNC(=O)N(C)Cc1csc(C)n1. The van der Waals surface area contributed by atoms with Gasteiger partial charge in [-0.25, -0.2) is 14.8 Å². The Balaban J connectivity index is 1.89. The molecule has 0 unspecified atom stereocenters. The van der Waals surface area contributed by atoms with Crippen molar-refractivity contribution in [2.24, 2.45) is 0 Å². The Labute approximate surface area is 127 Å². The van der Waals surface area contributed by atoms with Gasteiger partial charge in [-0.2, -0.15) is 0 Å². The summed E-state index contributed by atoms with van der Waals surface area (Å²) in [7, 11) is 3.30. The molecule has 1 N–H and O–H groups in total. The number of aromatic nitrogens is 2. The summed E-state index contributed by atoms with van der Waals surface area (Å²) in [6.45, 7) is 2.81. The van der Waals surface area contributed by atoms with Gasteiger partial charge in [0.15, 0.2) is 0 Å². The molecular formula is C14H18N4O2S. The number of carbonyl (C=O) groups excluding carboxylic acids is 1. The van der Waals surface area contributed by atoms with E-state index < -0.39 is 0 Å². The van der Waals surface area contributed by atoms with Gasteiger partial charge in [-0.05, 0) is 13.0 Å². The summed E-state index contributed by atoms with van der Waals surface area (Å²) in [6, 6.07) is 3.52. The van der Waals surface area contributed by atoms with Crippen LogP contribution in [0.5, 0.6) is 5.88 Å². The third kappa shape index (κ3) is 4.16. The molecule has 6 nitrogen and oxygen atoms in total. The summed E-state index contributed by atoms with van der Waals surface area (Å²) >= 11 is 1.58. The maximum atomic E-state index is 12.1. The van der Waals surface area contributed by atoms with Crippen LogP contribution in [-0.4, -0.2) is 35.1 Å². The molecule has 2 heterocycles. The van der Waals surface area contributed by atoms with Crippen LogP contribution in [-0.2, 0) is 13.1 Å². The predicted octanol–water partition coefficient (Wildman–Crippen LogP) is 2.20. The number of amides is 2. The molecule has 2 amide bonds. The van der Waals surface area contributed by atoms with Gasteiger partial charge in [-0.3, -0.25) is 0 Å². The van der Waals surface area contributed by atoms with Crippen molar-refractivity contribution in [2.45, 2.75) is 20.0 Å². The number of nitrogens with zero attached hydrogens (tertiary/aromatic N) is 3. The van der Waals surface area contributed by atoms with Crippen molar-refractivity contribution in [3.63, 3.8) is 0 Å². The van der Waals surface area contributed by atoms with E-state index in [1.165, 1.54) is 0 Å². The molecule has 0 saturated carbocycles. The highest BCUT2D eigenvalue weighted by Gasteiger charge is 2.11. The first kappa shape index (κ1) is 15.2. The minimum atomic E-state index is -0.161. The van der Waals surface area contributed by atoms with Crippen molar-refractivity contribution in [2.75, 3.05) is 14.2 Å². The highest BCUT2D eigenvalue weighted by Crippen LogP contribution is 2.13. The predicted molar refractivity (Wildman–Crippen MR) is 81.3 cm³/mol. The third-order valence-corrected chi connectivity index (χ3v) is 3.71. The summed E-state index contributed by atoms with van der Waals surface area (Å²) in [5.74, 6) is 0.524. The normalized spacial score (nSPS) is 10.2. The summed E-state index contributed by atoms with van der Waals surface area (Å²) in [6.07, 6.45) is 1.65. The van der Waals surface area contributed by atoms with Crippen LogP contribution in [0.2, 0.25) is 0 Å². The van der Waals surface area contributed by atoms with Gasteiger partial charge in [0.05, 0.1) is 24.4 Å². The number of methoxy groups -OCH3 is 1. The molecular weight excluding hydrogens is 288 g/mol. The van der Waals surface area contributed by atoms with Gasteiger partial charge in [0.25, 0.3) is 0 Å². The monoisotopic (exact) mass is 306 g/mol. The van der Waals surface area contributed by atoms with Crippen molar-refractivity contribution in [3.05, 3.63) is 40.0 Å². The van der Waals surface area contributed by atoms with Gasteiger partial charge in [0.2, 0.25) is 5.88 Å². The quantitative estimate of drug-likeness (QED) is 0.919. The molecule has 112 valence electrons. The lowest BCUT2D eigenvalue weighted by Crippen LogP contribution is -2.36. The number of urea groups is 1. The van der Waals surface area contributed by atoms with Crippen molar-refractivity contribution < 1.29 is 9.53 Å². The van der Waals surface area contributed by atoms with Crippen LogP contribution in [0.25, 0.3) is 0 Å². The third-order valence-electron chi connectivity index (χ3n) is 2.89. The van der Waals surface area contributed by atoms with Gasteiger partial charge in [-0.1, -0.05) is 6.07 Å². The molecule has 0 aliphatic rings. The minimum Gasteiger partial charge on any atom is -0.481 e. The van der Waals surface area contributed by atoms with Crippen molar-refractivity contribution in [1.29, 1.82) is 0 Å². The molecule has 0 aromatic carbocycles. The lowest BCUT2D eigenvalue weighted by molar-refractivity contribution is 0.206. The summed E-state index contributed by atoms with van der Waals surface area (Å²) in [5.41, 5.74) is 1.74. The average Bonchev–Trinajstić information content (AvgIpc) is 2.90. The average molecular weight is 306 g/mol. The molecule has 0 atom stereocenters. The number of rotatable bonds is 5. The summed E-state index contributed by atoms with van der Waals surface area (Å²) in [5, 5.41) is 5.80. The molecule has 21 heavy (non-hydrogen) atoms. The fourth-order valence-corrected chi connectivity index (χ4v) is 2.45. The largest absolute Gasteiger partial charge is 0.481 e.